The number of halogens is 1. The molecular formula is C26H33FN8O. The van der Waals surface area contributed by atoms with Gasteiger partial charge in [0, 0.05) is 12.7 Å². The van der Waals surface area contributed by atoms with Crippen molar-refractivity contribution in [3.05, 3.63) is 82.7 Å². The Bertz CT molecular complexity index is 1410. The van der Waals surface area contributed by atoms with E-state index in [1.165, 1.54) is 36.0 Å². The molecule has 0 aliphatic rings. The molecule has 0 spiro atoms. The van der Waals surface area contributed by atoms with E-state index in [1.807, 2.05) is 34.7 Å². The van der Waals surface area contributed by atoms with Gasteiger partial charge in [-0.1, -0.05) is 51.5 Å². The van der Waals surface area contributed by atoms with Crippen LogP contribution < -0.4 is 16.2 Å². The molecule has 0 atom stereocenters. The molecule has 0 saturated heterocycles. The van der Waals surface area contributed by atoms with Crippen molar-refractivity contribution in [1.29, 1.82) is 0 Å². The summed E-state index contributed by atoms with van der Waals surface area (Å²) in [5, 5.41) is 6.06. The number of aromatic nitrogens is 6. The number of fused-ring (bicyclic) bond motifs is 2. The van der Waals surface area contributed by atoms with Crippen LogP contribution in [-0.4, -0.2) is 37.0 Å². The summed E-state index contributed by atoms with van der Waals surface area (Å²) in [6.07, 6.45) is 2.90. The van der Waals surface area contributed by atoms with Crippen LogP contribution in [0.3, 0.4) is 0 Å². The van der Waals surface area contributed by atoms with Gasteiger partial charge in [-0.2, -0.15) is 0 Å². The zero-order valence-corrected chi connectivity index (χ0v) is 21.5. The van der Waals surface area contributed by atoms with E-state index in [0.29, 0.717) is 28.3 Å². The van der Waals surface area contributed by atoms with Crippen LogP contribution in [-0.2, 0) is 6.54 Å². The van der Waals surface area contributed by atoms with E-state index < -0.39 is 11.4 Å². The monoisotopic (exact) mass is 492 g/mol. The average Bonchev–Trinajstić information content (AvgIpc) is 3.40. The maximum Gasteiger partial charge on any atom is 0.261 e. The summed E-state index contributed by atoms with van der Waals surface area (Å²) in [5.74, 6) is 0.319. The number of imidazole rings is 1. The molecule has 0 fully saturated rings. The largest absolute Gasteiger partial charge is 0.388 e. The van der Waals surface area contributed by atoms with E-state index in [9.17, 15) is 9.18 Å². The summed E-state index contributed by atoms with van der Waals surface area (Å²) in [6.45, 7) is 10.3. The van der Waals surface area contributed by atoms with Crippen molar-refractivity contribution < 1.29 is 4.39 Å². The van der Waals surface area contributed by atoms with Crippen LogP contribution in [0.1, 0.15) is 39.1 Å². The number of benzene rings is 2. The first-order valence-electron chi connectivity index (χ1n) is 11.8. The summed E-state index contributed by atoms with van der Waals surface area (Å²) in [5.41, 5.74) is 3.44. The van der Waals surface area contributed by atoms with Gasteiger partial charge in [0.15, 0.2) is 11.5 Å². The summed E-state index contributed by atoms with van der Waals surface area (Å²) in [6, 6.07) is 12.6. The highest BCUT2D eigenvalue weighted by atomic mass is 19.1. The fourth-order valence-electron chi connectivity index (χ4n) is 3.07. The third kappa shape index (κ3) is 7.08. The lowest BCUT2D eigenvalue weighted by Gasteiger charge is -2.06. The molecule has 3 heterocycles. The molecule has 0 bridgehead atoms. The lowest BCUT2D eigenvalue weighted by atomic mass is 10.2. The number of rotatable bonds is 4. The van der Waals surface area contributed by atoms with Gasteiger partial charge in [0.25, 0.3) is 5.56 Å². The fraction of sp³-hybridized carbons (Fsp3) is 0.269. The molecule has 10 heteroatoms. The van der Waals surface area contributed by atoms with Gasteiger partial charge in [0.1, 0.15) is 28.9 Å². The van der Waals surface area contributed by atoms with Crippen LogP contribution in [0.25, 0.3) is 22.1 Å². The van der Waals surface area contributed by atoms with E-state index >= 15 is 0 Å². The van der Waals surface area contributed by atoms with E-state index in [4.69, 9.17) is 0 Å². The zero-order valence-electron chi connectivity index (χ0n) is 21.5. The molecule has 0 aliphatic heterocycles. The summed E-state index contributed by atoms with van der Waals surface area (Å²) in [4.78, 5) is 33.9. The molecular weight excluding hydrogens is 459 g/mol. The molecule has 0 aliphatic carbocycles. The standard InChI is InChI=1S/C14H10FN7O.C8H11N.2C2H6/c15-7-2-1-3-8-10(7)14(23)22-9(21-8)4-16-12-11-13(18-5-17-11)20-6-19-12;1-7-3-5-8(9-2)6-4-7;2*1-2/h1-3,5-6H,4H2,(H,21,22,23)(H2,16,17,18,19,20);3-6,9H,1-2H3;2*1-2H3. The molecule has 5 aromatic rings. The molecule has 5 rings (SSSR count). The van der Waals surface area contributed by atoms with Crippen molar-refractivity contribution >= 4 is 33.6 Å². The molecule has 36 heavy (non-hydrogen) atoms. The quantitative estimate of drug-likeness (QED) is 0.264. The Morgan fingerprint density at radius 3 is 2.39 bits per heavy atom. The third-order valence-corrected chi connectivity index (χ3v) is 4.72. The number of hydrogen-bond donors (Lipinski definition) is 4. The molecule has 0 amide bonds. The van der Waals surface area contributed by atoms with Crippen LogP contribution in [0, 0.1) is 12.7 Å². The van der Waals surface area contributed by atoms with Gasteiger partial charge in [-0.05, 0) is 31.2 Å². The molecule has 0 unspecified atom stereocenters. The second kappa shape index (κ2) is 14.1. The van der Waals surface area contributed by atoms with Crippen molar-refractivity contribution in [2.75, 3.05) is 17.7 Å². The predicted molar refractivity (Wildman–Crippen MR) is 145 cm³/mol. The number of nitrogens with zero attached hydrogens (tertiary/aromatic N) is 4. The van der Waals surface area contributed by atoms with Crippen LogP contribution >= 0.6 is 0 Å². The fourth-order valence-corrected chi connectivity index (χ4v) is 3.07. The van der Waals surface area contributed by atoms with Crippen molar-refractivity contribution in [3.63, 3.8) is 0 Å². The van der Waals surface area contributed by atoms with Gasteiger partial charge in [0.05, 0.1) is 18.4 Å². The Kier molecular flexibility index (Phi) is 11.0. The Morgan fingerprint density at radius 2 is 1.69 bits per heavy atom. The number of nitrogens with one attached hydrogen (secondary N) is 4. The van der Waals surface area contributed by atoms with Crippen LogP contribution in [0.15, 0.2) is 59.9 Å². The SMILES string of the molecule is CC.CC.CNc1ccc(C)cc1.O=c1[nH]c(CNc2ncnc3nc[nH]c23)nc2cccc(F)c12. The Morgan fingerprint density at radius 1 is 0.972 bits per heavy atom. The number of anilines is 2. The van der Waals surface area contributed by atoms with Gasteiger partial charge < -0.3 is 20.6 Å². The Labute approximate surface area is 209 Å². The molecule has 3 aromatic heterocycles. The molecule has 4 N–H and O–H groups in total. The van der Waals surface area contributed by atoms with Gasteiger partial charge in [-0.15, -0.1) is 0 Å². The minimum atomic E-state index is -0.592. The normalized spacial score (nSPS) is 9.75. The highest BCUT2D eigenvalue weighted by molar-refractivity contribution is 5.82. The average molecular weight is 493 g/mol. The predicted octanol–water partition coefficient (Wildman–Crippen LogP) is 5.43. The first kappa shape index (κ1) is 27.9. The van der Waals surface area contributed by atoms with Crippen molar-refractivity contribution in [2.24, 2.45) is 0 Å². The van der Waals surface area contributed by atoms with Crippen molar-refractivity contribution in [1.82, 2.24) is 29.9 Å². The number of H-pyrrole nitrogens is 2. The second-order valence-electron chi connectivity index (χ2n) is 6.94. The van der Waals surface area contributed by atoms with Gasteiger partial charge in [-0.25, -0.2) is 24.3 Å². The van der Waals surface area contributed by atoms with Crippen LogP contribution in [0.5, 0.6) is 0 Å². The second-order valence-corrected chi connectivity index (χ2v) is 6.94. The van der Waals surface area contributed by atoms with Crippen molar-refractivity contribution in [2.45, 2.75) is 41.2 Å². The number of hydrogen-bond acceptors (Lipinski definition) is 7. The van der Waals surface area contributed by atoms with Crippen molar-refractivity contribution in [3.8, 4) is 0 Å². The highest BCUT2D eigenvalue weighted by Gasteiger charge is 2.10. The van der Waals surface area contributed by atoms with Crippen LogP contribution in [0.4, 0.5) is 15.9 Å². The summed E-state index contributed by atoms with van der Waals surface area (Å²) in [7, 11) is 1.92. The third-order valence-electron chi connectivity index (χ3n) is 4.72. The summed E-state index contributed by atoms with van der Waals surface area (Å²) < 4.78 is 13.7. The highest BCUT2D eigenvalue weighted by Crippen LogP contribution is 2.15. The first-order chi connectivity index (χ1) is 17.5. The zero-order chi connectivity index (χ0) is 26.5. The van der Waals surface area contributed by atoms with E-state index in [0.717, 1.165) is 0 Å². The minimum Gasteiger partial charge on any atom is -0.388 e. The summed E-state index contributed by atoms with van der Waals surface area (Å²) >= 11 is 0. The maximum atomic E-state index is 13.7. The van der Waals surface area contributed by atoms with E-state index in [2.05, 4.69) is 71.7 Å². The Balaban J connectivity index is 0.000000295. The maximum absolute atomic E-state index is 13.7. The van der Waals surface area contributed by atoms with Gasteiger partial charge in [0.2, 0.25) is 0 Å². The number of aryl methyl sites for hydroxylation is 1. The first-order valence-corrected chi connectivity index (χ1v) is 11.8. The molecule has 0 radical (unpaired) electrons. The molecule has 0 saturated carbocycles. The topological polar surface area (TPSA) is 124 Å². The number of aromatic amines is 2. The van der Waals surface area contributed by atoms with E-state index in [1.54, 1.807) is 6.07 Å². The molecule has 9 nitrogen and oxygen atoms in total. The smallest absolute Gasteiger partial charge is 0.261 e. The lowest BCUT2D eigenvalue weighted by Crippen LogP contribution is -2.16. The van der Waals surface area contributed by atoms with Gasteiger partial charge >= 0.3 is 0 Å². The van der Waals surface area contributed by atoms with E-state index in [-0.39, 0.29) is 11.9 Å². The molecule has 190 valence electrons. The van der Waals surface area contributed by atoms with Gasteiger partial charge in [-0.3, -0.25) is 4.79 Å². The van der Waals surface area contributed by atoms with Crippen LogP contribution in [0.2, 0.25) is 0 Å². The lowest BCUT2D eigenvalue weighted by molar-refractivity contribution is 0.638. The minimum absolute atomic E-state index is 0.0470. The molecule has 2 aromatic carbocycles. The Hall–Kier alpha value is -4.34.